The van der Waals surface area contributed by atoms with Crippen molar-refractivity contribution in [3.8, 4) is 5.75 Å². The second kappa shape index (κ2) is 5.28. The van der Waals surface area contributed by atoms with Crippen LogP contribution in [0.3, 0.4) is 0 Å². The molecular weight excluding hydrogens is 234 g/mol. The van der Waals surface area contributed by atoms with E-state index in [1.54, 1.807) is 0 Å². The molecule has 0 fully saturated rings. The summed E-state index contributed by atoms with van der Waals surface area (Å²) in [5.41, 5.74) is 1.42. The maximum atomic E-state index is 5.81. The van der Waals surface area contributed by atoms with Gasteiger partial charge < -0.3 is 9.64 Å². The van der Waals surface area contributed by atoms with Crippen molar-refractivity contribution in [3.63, 3.8) is 0 Å². The van der Waals surface area contributed by atoms with Crippen LogP contribution >= 0.6 is 0 Å². The Kier molecular flexibility index (Phi) is 3.88. The van der Waals surface area contributed by atoms with Gasteiger partial charge in [-0.25, -0.2) is 0 Å². The van der Waals surface area contributed by atoms with Crippen LogP contribution in [0.15, 0.2) is 36.5 Å². The molecule has 1 aromatic rings. The van der Waals surface area contributed by atoms with Crippen LogP contribution in [0.4, 0.5) is 0 Å². The molecule has 0 N–H and O–H groups in total. The summed E-state index contributed by atoms with van der Waals surface area (Å²) in [6, 6.07) is 8.53. The van der Waals surface area contributed by atoms with Crippen molar-refractivity contribution in [1.82, 2.24) is 4.90 Å². The number of allylic oxidation sites excluding steroid dienone is 1. The van der Waals surface area contributed by atoms with Crippen molar-refractivity contribution in [1.29, 1.82) is 0 Å². The van der Waals surface area contributed by atoms with Crippen molar-refractivity contribution < 1.29 is 4.74 Å². The first-order valence-electron chi connectivity index (χ1n) is 7.08. The summed E-state index contributed by atoms with van der Waals surface area (Å²) >= 11 is 0. The summed E-state index contributed by atoms with van der Waals surface area (Å²) in [6.07, 6.45) is 4.72. The van der Waals surface area contributed by atoms with E-state index in [1.165, 1.54) is 5.56 Å². The summed E-state index contributed by atoms with van der Waals surface area (Å²) in [4.78, 5) is 2.25. The summed E-state index contributed by atoms with van der Waals surface area (Å²) in [7, 11) is 2.13. The molecule has 0 aromatic heterocycles. The van der Waals surface area contributed by atoms with Crippen LogP contribution in [0.25, 0.3) is 0 Å². The van der Waals surface area contributed by atoms with Gasteiger partial charge in [-0.2, -0.15) is 0 Å². The largest absolute Gasteiger partial charge is 0.491 e. The van der Waals surface area contributed by atoms with E-state index in [9.17, 15) is 0 Å². The van der Waals surface area contributed by atoms with Gasteiger partial charge in [0.15, 0.2) is 0 Å². The highest BCUT2D eigenvalue weighted by Crippen LogP contribution is 2.38. The first kappa shape index (κ1) is 14.0. The summed E-state index contributed by atoms with van der Waals surface area (Å²) in [5.74, 6) is 1.55. The molecule has 1 aliphatic rings. The van der Waals surface area contributed by atoms with Gasteiger partial charge in [-0.1, -0.05) is 32.1 Å². The van der Waals surface area contributed by atoms with Gasteiger partial charge in [-0.05, 0) is 43.7 Å². The zero-order valence-electron chi connectivity index (χ0n) is 12.7. The van der Waals surface area contributed by atoms with Gasteiger partial charge in [-0.3, -0.25) is 0 Å². The lowest BCUT2D eigenvalue weighted by Crippen LogP contribution is -2.39. The predicted octanol–water partition coefficient (Wildman–Crippen LogP) is 3.83. The highest BCUT2D eigenvalue weighted by atomic mass is 16.5. The van der Waals surface area contributed by atoms with E-state index in [-0.39, 0.29) is 11.5 Å². The Labute approximate surface area is 117 Å². The standard InChI is InChI=1S/C17H25NO/c1-13(2)19-16-8-6-7-15(11-16)17(4)9-10-18(5)12-14(17)3/h6-11,13-14H,12H2,1-5H3/t14-,17+/m1/s1. The van der Waals surface area contributed by atoms with E-state index >= 15 is 0 Å². The molecule has 0 radical (unpaired) electrons. The zero-order valence-corrected chi connectivity index (χ0v) is 12.7. The van der Waals surface area contributed by atoms with E-state index in [2.05, 4.69) is 70.1 Å². The van der Waals surface area contributed by atoms with Crippen molar-refractivity contribution in [2.75, 3.05) is 13.6 Å². The number of rotatable bonds is 3. The second-order valence-corrected chi connectivity index (χ2v) is 6.13. The lowest BCUT2D eigenvalue weighted by atomic mass is 9.71. The Hall–Kier alpha value is -1.44. The molecule has 2 heteroatoms. The van der Waals surface area contributed by atoms with Gasteiger partial charge in [-0.15, -0.1) is 0 Å². The number of ether oxygens (including phenoxy) is 1. The average molecular weight is 259 g/mol. The maximum absolute atomic E-state index is 5.81. The molecule has 1 aliphatic heterocycles. The Balaban J connectivity index is 2.32. The topological polar surface area (TPSA) is 12.5 Å². The minimum atomic E-state index is 0.0862. The third-order valence-electron chi connectivity index (χ3n) is 4.09. The molecule has 0 unspecified atom stereocenters. The van der Waals surface area contributed by atoms with Gasteiger partial charge in [0.25, 0.3) is 0 Å². The minimum Gasteiger partial charge on any atom is -0.491 e. The molecule has 2 nitrogen and oxygen atoms in total. The molecule has 19 heavy (non-hydrogen) atoms. The molecule has 0 aliphatic carbocycles. The predicted molar refractivity (Wildman–Crippen MR) is 80.5 cm³/mol. The maximum Gasteiger partial charge on any atom is 0.119 e. The zero-order chi connectivity index (χ0) is 14.0. The third kappa shape index (κ3) is 2.94. The molecule has 104 valence electrons. The number of nitrogens with zero attached hydrogens (tertiary/aromatic N) is 1. The number of benzene rings is 1. The normalized spacial score (nSPS) is 26.8. The monoisotopic (exact) mass is 259 g/mol. The Morgan fingerprint density at radius 2 is 2.11 bits per heavy atom. The average Bonchev–Trinajstić information content (AvgIpc) is 2.34. The molecule has 1 aromatic carbocycles. The van der Waals surface area contributed by atoms with Crippen molar-refractivity contribution in [2.45, 2.75) is 39.2 Å². The lowest BCUT2D eigenvalue weighted by molar-refractivity contribution is 0.239. The first-order chi connectivity index (χ1) is 8.91. The van der Waals surface area contributed by atoms with Gasteiger partial charge in [0.05, 0.1) is 6.10 Å². The van der Waals surface area contributed by atoms with Crippen LogP contribution in [-0.2, 0) is 5.41 Å². The third-order valence-corrected chi connectivity index (χ3v) is 4.09. The lowest BCUT2D eigenvalue weighted by Gasteiger charge is -2.40. The minimum absolute atomic E-state index is 0.0862. The fourth-order valence-corrected chi connectivity index (χ4v) is 2.69. The fraction of sp³-hybridized carbons (Fsp3) is 0.529. The molecule has 0 amide bonds. The quantitative estimate of drug-likeness (QED) is 0.818. The van der Waals surface area contributed by atoms with Crippen LogP contribution < -0.4 is 4.74 Å². The van der Waals surface area contributed by atoms with Crippen molar-refractivity contribution >= 4 is 0 Å². The second-order valence-electron chi connectivity index (χ2n) is 6.13. The van der Waals surface area contributed by atoms with Gasteiger partial charge in [0.1, 0.15) is 5.75 Å². The highest BCUT2D eigenvalue weighted by molar-refractivity contribution is 5.38. The van der Waals surface area contributed by atoms with Gasteiger partial charge in [0.2, 0.25) is 0 Å². The van der Waals surface area contributed by atoms with Crippen LogP contribution in [0.2, 0.25) is 0 Å². The molecule has 0 saturated heterocycles. The molecule has 2 rings (SSSR count). The number of hydrogen-bond acceptors (Lipinski definition) is 2. The van der Waals surface area contributed by atoms with Gasteiger partial charge in [0, 0.05) is 19.0 Å². The highest BCUT2D eigenvalue weighted by Gasteiger charge is 2.33. The van der Waals surface area contributed by atoms with Crippen LogP contribution in [0.5, 0.6) is 5.75 Å². The molecular formula is C17H25NO. The van der Waals surface area contributed by atoms with E-state index < -0.39 is 0 Å². The molecule has 0 bridgehead atoms. The summed E-state index contributed by atoms with van der Waals surface area (Å²) in [5, 5.41) is 0. The first-order valence-corrected chi connectivity index (χ1v) is 7.08. The Morgan fingerprint density at radius 1 is 1.37 bits per heavy atom. The molecule has 2 atom stereocenters. The molecule has 0 spiro atoms. The van der Waals surface area contributed by atoms with Gasteiger partial charge >= 0.3 is 0 Å². The number of hydrogen-bond donors (Lipinski definition) is 0. The summed E-state index contributed by atoms with van der Waals surface area (Å²) < 4.78 is 5.81. The Morgan fingerprint density at radius 3 is 2.74 bits per heavy atom. The molecule has 1 heterocycles. The SMILES string of the molecule is CC(C)Oc1cccc([C@@]2(C)C=CN(C)C[C@H]2C)c1. The fourth-order valence-electron chi connectivity index (χ4n) is 2.69. The summed E-state index contributed by atoms with van der Waals surface area (Å²) in [6.45, 7) is 9.84. The van der Waals surface area contributed by atoms with E-state index in [4.69, 9.17) is 4.74 Å². The van der Waals surface area contributed by atoms with Crippen molar-refractivity contribution in [2.24, 2.45) is 5.92 Å². The van der Waals surface area contributed by atoms with Crippen molar-refractivity contribution in [3.05, 3.63) is 42.1 Å². The van der Waals surface area contributed by atoms with E-state index in [0.717, 1.165) is 12.3 Å². The van der Waals surface area contributed by atoms with Crippen LogP contribution in [0, 0.1) is 5.92 Å². The van der Waals surface area contributed by atoms with E-state index in [1.807, 2.05) is 6.07 Å². The Bertz CT molecular complexity index is 466. The van der Waals surface area contributed by atoms with Crippen LogP contribution in [0.1, 0.15) is 33.3 Å². The van der Waals surface area contributed by atoms with Crippen LogP contribution in [-0.4, -0.2) is 24.6 Å². The molecule has 0 saturated carbocycles. The van der Waals surface area contributed by atoms with E-state index in [0.29, 0.717) is 5.92 Å². The smallest absolute Gasteiger partial charge is 0.119 e.